The Kier molecular flexibility index (Phi) is 6.63. The van der Waals surface area contributed by atoms with E-state index >= 15 is 0 Å². The van der Waals surface area contributed by atoms with Crippen molar-refractivity contribution in [1.29, 1.82) is 0 Å². The molecule has 1 unspecified atom stereocenters. The summed E-state index contributed by atoms with van der Waals surface area (Å²) >= 11 is 0. The normalized spacial score (nSPS) is 20.6. The second-order valence-corrected chi connectivity index (χ2v) is 7.29. The van der Waals surface area contributed by atoms with Crippen molar-refractivity contribution in [3.63, 3.8) is 0 Å². The van der Waals surface area contributed by atoms with Crippen LogP contribution < -0.4 is 5.32 Å². The molecule has 0 bridgehead atoms. The first-order chi connectivity index (χ1) is 12.6. The van der Waals surface area contributed by atoms with Gasteiger partial charge in [0.2, 0.25) is 11.8 Å². The number of para-hydroxylation sites is 1. The molecule has 0 aliphatic carbocycles. The molecule has 1 atom stereocenters. The first-order valence-corrected chi connectivity index (χ1v) is 9.73. The Bertz CT molecular complexity index is 593. The van der Waals surface area contributed by atoms with Crippen LogP contribution in [0.15, 0.2) is 30.3 Å². The monoisotopic (exact) mass is 358 g/mol. The van der Waals surface area contributed by atoms with Gasteiger partial charge in [-0.25, -0.2) is 0 Å². The van der Waals surface area contributed by atoms with Crippen molar-refractivity contribution in [2.45, 2.75) is 32.2 Å². The molecule has 1 N–H and O–H groups in total. The number of benzene rings is 1. The third kappa shape index (κ3) is 5.05. The molecule has 2 aliphatic heterocycles. The van der Waals surface area contributed by atoms with Crippen LogP contribution in [0.2, 0.25) is 0 Å². The van der Waals surface area contributed by atoms with Crippen molar-refractivity contribution in [2.24, 2.45) is 0 Å². The van der Waals surface area contributed by atoms with Crippen molar-refractivity contribution in [1.82, 2.24) is 14.7 Å². The van der Waals surface area contributed by atoms with E-state index < -0.39 is 0 Å². The van der Waals surface area contributed by atoms with Crippen LogP contribution in [0, 0.1) is 0 Å². The molecule has 0 spiro atoms. The highest BCUT2D eigenvalue weighted by molar-refractivity contribution is 5.92. The predicted octanol–water partition coefficient (Wildman–Crippen LogP) is 1.64. The Hall–Kier alpha value is -1.92. The highest BCUT2D eigenvalue weighted by atomic mass is 16.2. The van der Waals surface area contributed by atoms with E-state index in [2.05, 4.69) is 15.1 Å². The summed E-state index contributed by atoms with van der Waals surface area (Å²) in [6.45, 7) is 7.54. The molecule has 2 fully saturated rings. The fourth-order valence-electron chi connectivity index (χ4n) is 3.77. The van der Waals surface area contributed by atoms with Gasteiger partial charge in [0.15, 0.2) is 0 Å². The van der Waals surface area contributed by atoms with E-state index in [4.69, 9.17) is 0 Å². The zero-order chi connectivity index (χ0) is 18.4. The first kappa shape index (κ1) is 18.9. The van der Waals surface area contributed by atoms with Crippen LogP contribution in [0.25, 0.3) is 0 Å². The first-order valence-electron chi connectivity index (χ1n) is 9.73. The maximum Gasteiger partial charge on any atom is 0.239 e. The van der Waals surface area contributed by atoms with Crippen LogP contribution >= 0.6 is 0 Å². The molecule has 2 aliphatic rings. The summed E-state index contributed by atoms with van der Waals surface area (Å²) in [4.78, 5) is 31.3. The van der Waals surface area contributed by atoms with Crippen LogP contribution in [-0.2, 0) is 9.59 Å². The average molecular weight is 358 g/mol. The lowest BCUT2D eigenvalue weighted by Gasteiger charge is -2.39. The quantitative estimate of drug-likeness (QED) is 0.869. The van der Waals surface area contributed by atoms with Crippen LogP contribution in [0.4, 0.5) is 5.69 Å². The van der Waals surface area contributed by atoms with Gasteiger partial charge >= 0.3 is 0 Å². The molecule has 6 nitrogen and oxygen atoms in total. The van der Waals surface area contributed by atoms with Crippen LogP contribution in [0.3, 0.4) is 0 Å². The number of hydrogen-bond acceptors (Lipinski definition) is 4. The molecule has 0 aromatic heterocycles. The highest BCUT2D eigenvalue weighted by Crippen LogP contribution is 2.14. The second kappa shape index (κ2) is 9.14. The summed E-state index contributed by atoms with van der Waals surface area (Å²) in [6, 6.07) is 9.48. The number of piperidine rings is 1. The van der Waals surface area contributed by atoms with Gasteiger partial charge in [-0.2, -0.15) is 0 Å². The van der Waals surface area contributed by atoms with Gasteiger partial charge in [-0.15, -0.1) is 0 Å². The SMILES string of the molecule is CC(C(=O)N1CCCCC1)N1CCN(CC(=O)Nc2ccccc2)CC1. The van der Waals surface area contributed by atoms with Crippen molar-refractivity contribution in [2.75, 3.05) is 51.1 Å². The molecule has 142 valence electrons. The third-order valence-corrected chi connectivity index (χ3v) is 5.40. The molecule has 0 radical (unpaired) electrons. The number of carbonyl (C=O) groups is 2. The van der Waals surface area contributed by atoms with E-state index in [1.54, 1.807) is 0 Å². The van der Waals surface area contributed by atoms with Crippen LogP contribution in [-0.4, -0.2) is 78.4 Å². The summed E-state index contributed by atoms with van der Waals surface area (Å²) in [5, 5.41) is 2.93. The zero-order valence-electron chi connectivity index (χ0n) is 15.7. The fourth-order valence-corrected chi connectivity index (χ4v) is 3.77. The van der Waals surface area contributed by atoms with E-state index in [1.165, 1.54) is 6.42 Å². The minimum absolute atomic E-state index is 0.0158. The Morgan fingerprint density at radius 1 is 0.962 bits per heavy atom. The molecule has 2 saturated heterocycles. The summed E-state index contributed by atoms with van der Waals surface area (Å²) in [5.74, 6) is 0.280. The van der Waals surface area contributed by atoms with E-state index in [0.717, 1.165) is 57.8 Å². The molecular formula is C20H30N4O2. The molecule has 6 heteroatoms. The van der Waals surface area contributed by atoms with Gasteiger partial charge in [0.1, 0.15) is 0 Å². The van der Waals surface area contributed by atoms with E-state index in [-0.39, 0.29) is 17.9 Å². The molecular weight excluding hydrogens is 328 g/mol. The number of nitrogens with zero attached hydrogens (tertiary/aromatic N) is 3. The number of nitrogens with one attached hydrogen (secondary N) is 1. The summed E-state index contributed by atoms with van der Waals surface area (Å²) in [7, 11) is 0. The zero-order valence-corrected chi connectivity index (χ0v) is 15.7. The van der Waals surface area contributed by atoms with Gasteiger partial charge in [0.25, 0.3) is 0 Å². The minimum Gasteiger partial charge on any atom is -0.341 e. The number of hydrogen-bond donors (Lipinski definition) is 1. The maximum atomic E-state index is 12.7. The lowest BCUT2D eigenvalue weighted by molar-refractivity contribution is -0.138. The molecule has 1 aromatic carbocycles. The minimum atomic E-state index is -0.0617. The summed E-state index contributed by atoms with van der Waals surface area (Å²) in [6.07, 6.45) is 3.49. The summed E-state index contributed by atoms with van der Waals surface area (Å²) in [5.41, 5.74) is 0.830. The van der Waals surface area contributed by atoms with Gasteiger partial charge in [0.05, 0.1) is 12.6 Å². The Morgan fingerprint density at radius 2 is 1.62 bits per heavy atom. The maximum absolute atomic E-state index is 12.7. The second-order valence-electron chi connectivity index (χ2n) is 7.29. The Balaban J connectivity index is 1.42. The van der Waals surface area contributed by atoms with E-state index in [1.807, 2.05) is 42.2 Å². The van der Waals surface area contributed by atoms with Gasteiger partial charge in [-0.3, -0.25) is 19.4 Å². The van der Waals surface area contributed by atoms with Crippen molar-refractivity contribution in [3.8, 4) is 0 Å². The van der Waals surface area contributed by atoms with Gasteiger partial charge < -0.3 is 10.2 Å². The predicted molar refractivity (Wildman–Crippen MR) is 103 cm³/mol. The van der Waals surface area contributed by atoms with Crippen LogP contribution in [0.1, 0.15) is 26.2 Å². The number of likely N-dealkylation sites (tertiary alicyclic amines) is 1. The smallest absolute Gasteiger partial charge is 0.239 e. The molecule has 2 heterocycles. The average Bonchev–Trinajstić information content (AvgIpc) is 2.69. The number of piperazine rings is 1. The number of amides is 2. The molecule has 3 rings (SSSR count). The molecule has 1 aromatic rings. The largest absolute Gasteiger partial charge is 0.341 e. The number of anilines is 1. The Morgan fingerprint density at radius 3 is 2.27 bits per heavy atom. The molecule has 26 heavy (non-hydrogen) atoms. The fraction of sp³-hybridized carbons (Fsp3) is 0.600. The summed E-state index contributed by atoms with van der Waals surface area (Å²) < 4.78 is 0. The van der Waals surface area contributed by atoms with Gasteiger partial charge in [0, 0.05) is 45.0 Å². The van der Waals surface area contributed by atoms with Gasteiger partial charge in [-0.1, -0.05) is 18.2 Å². The van der Waals surface area contributed by atoms with Crippen molar-refractivity contribution < 1.29 is 9.59 Å². The molecule has 2 amide bonds. The molecule has 0 saturated carbocycles. The van der Waals surface area contributed by atoms with Crippen LogP contribution in [0.5, 0.6) is 0 Å². The lowest BCUT2D eigenvalue weighted by atomic mass is 10.1. The van der Waals surface area contributed by atoms with Crippen molar-refractivity contribution >= 4 is 17.5 Å². The van der Waals surface area contributed by atoms with Gasteiger partial charge in [-0.05, 0) is 38.3 Å². The number of rotatable bonds is 5. The Labute approximate surface area is 156 Å². The standard InChI is InChI=1S/C20H30N4O2/c1-17(20(26)24-10-6-3-7-11-24)23-14-12-22(13-15-23)16-19(25)21-18-8-4-2-5-9-18/h2,4-5,8-9,17H,3,6-7,10-16H2,1H3,(H,21,25). The number of carbonyl (C=O) groups excluding carboxylic acids is 2. The third-order valence-electron chi connectivity index (χ3n) is 5.40. The lowest BCUT2D eigenvalue weighted by Crippen LogP contribution is -2.55. The highest BCUT2D eigenvalue weighted by Gasteiger charge is 2.29. The van der Waals surface area contributed by atoms with Crippen molar-refractivity contribution in [3.05, 3.63) is 30.3 Å². The van der Waals surface area contributed by atoms with E-state index in [0.29, 0.717) is 6.54 Å². The van der Waals surface area contributed by atoms with E-state index in [9.17, 15) is 9.59 Å². The topological polar surface area (TPSA) is 55.9 Å².